The van der Waals surface area contributed by atoms with Crippen LogP contribution in [0.5, 0.6) is 0 Å². The third-order valence-corrected chi connectivity index (χ3v) is 3.23. The third kappa shape index (κ3) is 3.07. The minimum Gasteiger partial charge on any atom is -0.480 e. The molecule has 0 saturated carbocycles. The van der Waals surface area contributed by atoms with Crippen LogP contribution in [-0.2, 0) is 17.9 Å². The molecule has 5 nitrogen and oxygen atoms in total. The molecule has 1 fully saturated rings. The van der Waals surface area contributed by atoms with Crippen LogP contribution in [-0.4, -0.2) is 46.8 Å². The van der Waals surface area contributed by atoms with E-state index in [1.165, 1.54) is 0 Å². The van der Waals surface area contributed by atoms with Crippen molar-refractivity contribution < 1.29 is 15.0 Å². The Labute approximate surface area is 106 Å². The molecule has 1 unspecified atom stereocenters. The highest BCUT2D eigenvalue weighted by atomic mass is 16.4. The first-order valence-electron chi connectivity index (χ1n) is 6.07. The van der Waals surface area contributed by atoms with Crippen LogP contribution in [0.4, 0.5) is 0 Å². The Balaban J connectivity index is 2.03. The van der Waals surface area contributed by atoms with Crippen LogP contribution in [0.2, 0.25) is 0 Å². The molecule has 2 rings (SSSR count). The van der Waals surface area contributed by atoms with Gasteiger partial charge in [0.05, 0.1) is 6.61 Å². The Hall–Kier alpha value is -1.43. The van der Waals surface area contributed by atoms with E-state index >= 15 is 0 Å². The van der Waals surface area contributed by atoms with E-state index in [9.17, 15) is 4.79 Å². The number of carboxylic acid groups (broad SMARTS) is 1. The SMILES string of the molecule is O=C(O)C1CNCCN1Cc1ccc(CO)cc1. The first-order valence-corrected chi connectivity index (χ1v) is 6.07. The highest BCUT2D eigenvalue weighted by molar-refractivity contribution is 5.74. The van der Waals surface area contributed by atoms with Crippen LogP contribution < -0.4 is 5.32 Å². The summed E-state index contributed by atoms with van der Waals surface area (Å²) < 4.78 is 0. The largest absolute Gasteiger partial charge is 0.480 e. The summed E-state index contributed by atoms with van der Waals surface area (Å²) in [6.45, 7) is 2.71. The van der Waals surface area contributed by atoms with Crippen molar-refractivity contribution in [3.8, 4) is 0 Å². The number of rotatable bonds is 4. The summed E-state index contributed by atoms with van der Waals surface area (Å²) in [5.74, 6) is -0.783. The zero-order valence-corrected chi connectivity index (χ0v) is 10.2. The monoisotopic (exact) mass is 250 g/mol. The molecule has 18 heavy (non-hydrogen) atoms. The lowest BCUT2D eigenvalue weighted by atomic mass is 10.1. The van der Waals surface area contributed by atoms with Crippen LogP contribution in [0, 0.1) is 0 Å². The van der Waals surface area contributed by atoms with Gasteiger partial charge < -0.3 is 15.5 Å². The molecule has 1 aromatic carbocycles. The Bertz CT molecular complexity index is 405. The van der Waals surface area contributed by atoms with Gasteiger partial charge in [0.2, 0.25) is 0 Å². The van der Waals surface area contributed by atoms with Gasteiger partial charge in [0.25, 0.3) is 0 Å². The van der Waals surface area contributed by atoms with Crippen molar-refractivity contribution in [2.75, 3.05) is 19.6 Å². The number of hydrogen-bond donors (Lipinski definition) is 3. The topological polar surface area (TPSA) is 72.8 Å². The van der Waals surface area contributed by atoms with Crippen molar-refractivity contribution in [2.45, 2.75) is 19.2 Å². The van der Waals surface area contributed by atoms with Crippen molar-refractivity contribution in [1.29, 1.82) is 0 Å². The zero-order chi connectivity index (χ0) is 13.0. The summed E-state index contributed by atoms with van der Waals surface area (Å²) in [4.78, 5) is 13.1. The Morgan fingerprint density at radius 3 is 2.61 bits per heavy atom. The molecule has 1 aliphatic heterocycles. The van der Waals surface area contributed by atoms with Gasteiger partial charge in [-0.1, -0.05) is 24.3 Å². The van der Waals surface area contributed by atoms with Crippen molar-refractivity contribution >= 4 is 5.97 Å². The standard InChI is InChI=1S/C13H18N2O3/c16-9-11-3-1-10(2-4-11)8-15-6-5-14-7-12(15)13(17)18/h1-4,12,14,16H,5-9H2,(H,17,18). The van der Waals surface area contributed by atoms with Crippen LogP contribution in [0.15, 0.2) is 24.3 Å². The summed E-state index contributed by atoms with van der Waals surface area (Å²) in [7, 11) is 0. The van der Waals surface area contributed by atoms with Crippen molar-refractivity contribution in [3.05, 3.63) is 35.4 Å². The maximum absolute atomic E-state index is 11.1. The molecule has 0 bridgehead atoms. The quantitative estimate of drug-likeness (QED) is 0.703. The normalized spacial score (nSPS) is 20.8. The van der Waals surface area contributed by atoms with Gasteiger partial charge in [-0.05, 0) is 11.1 Å². The van der Waals surface area contributed by atoms with E-state index in [1.807, 2.05) is 29.2 Å². The molecule has 0 amide bonds. The predicted molar refractivity (Wildman–Crippen MR) is 67.1 cm³/mol. The minimum atomic E-state index is -0.783. The van der Waals surface area contributed by atoms with E-state index in [0.717, 1.165) is 24.2 Å². The van der Waals surface area contributed by atoms with E-state index < -0.39 is 12.0 Å². The molecule has 1 aromatic rings. The highest BCUT2D eigenvalue weighted by Gasteiger charge is 2.27. The predicted octanol–water partition coefficient (Wildman–Crippen LogP) is 0.0373. The maximum Gasteiger partial charge on any atom is 0.322 e. The first kappa shape index (κ1) is 13.0. The summed E-state index contributed by atoms with van der Waals surface area (Å²) in [5, 5.41) is 21.2. The lowest BCUT2D eigenvalue weighted by Gasteiger charge is -2.33. The molecule has 1 saturated heterocycles. The van der Waals surface area contributed by atoms with E-state index in [-0.39, 0.29) is 6.61 Å². The number of piperazine rings is 1. The molecule has 1 heterocycles. The molecule has 1 aliphatic rings. The second kappa shape index (κ2) is 5.95. The first-order chi connectivity index (χ1) is 8.70. The summed E-state index contributed by atoms with van der Waals surface area (Å²) in [5.41, 5.74) is 1.94. The Morgan fingerprint density at radius 2 is 2.00 bits per heavy atom. The van der Waals surface area contributed by atoms with Crippen molar-refractivity contribution in [2.24, 2.45) is 0 Å². The molecular formula is C13H18N2O3. The second-order valence-electron chi connectivity index (χ2n) is 4.50. The maximum atomic E-state index is 11.1. The Kier molecular flexibility index (Phi) is 4.30. The van der Waals surface area contributed by atoms with Crippen LogP contribution in [0.1, 0.15) is 11.1 Å². The second-order valence-corrected chi connectivity index (χ2v) is 4.50. The number of benzene rings is 1. The molecular weight excluding hydrogens is 232 g/mol. The fourth-order valence-corrected chi connectivity index (χ4v) is 2.16. The van der Waals surface area contributed by atoms with Gasteiger partial charge in [0.15, 0.2) is 0 Å². The lowest BCUT2D eigenvalue weighted by Crippen LogP contribution is -2.54. The number of aliphatic hydroxyl groups excluding tert-OH is 1. The molecule has 98 valence electrons. The molecule has 3 N–H and O–H groups in total. The molecule has 0 aliphatic carbocycles. The van der Waals surface area contributed by atoms with Gasteiger partial charge in [0.1, 0.15) is 6.04 Å². The number of nitrogens with zero attached hydrogens (tertiary/aromatic N) is 1. The molecule has 5 heteroatoms. The highest BCUT2D eigenvalue weighted by Crippen LogP contribution is 2.12. The van der Waals surface area contributed by atoms with Gasteiger partial charge in [-0.15, -0.1) is 0 Å². The summed E-state index contributed by atoms with van der Waals surface area (Å²) in [6, 6.07) is 7.15. The third-order valence-electron chi connectivity index (χ3n) is 3.23. The van der Waals surface area contributed by atoms with Crippen LogP contribution in [0.3, 0.4) is 0 Å². The smallest absolute Gasteiger partial charge is 0.322 e. The van der Waals surface area contributed by atoms with Crippen molar-refractivity contribution in [1.82, 2.24) is 10.2 Å². The lowest BCUT2D eigenvalue weighted by molar-refractivity contribution is -0.144. The van der Waals surface area contributed by atoms with E-state index in [2.05, 4.69) is 5.32 Å². The van der Waals surface area contributed by atoms with Gasteiger partial charge in [-0.2, -0.15) is 0 Å². The number of nitrogens with one attached hydrogen (secondary N) is 1. The van der Waals surface area contributed by atoms with Gasteiger partial charge >= 0.3 is 5.97 Å². The van der Waals surface area contributed by atoms with E-state index in [4.69, 9.17) is 10.2 Å². The van der Waals surface area contributed by atoms with Gasteiger partial charge in [-0.25, -0.2) is 0 Å². The van der Waals surface area contributed by atoms with Gasteiger partial charge in [0, 0.05) is 26.2 Å². The van der Waals surface area contributed by atoms with Gasteiger partial charge in [-0.3, -0.25) is 9.69 Å². The van der Waals surface area contributed by atoms with E-state index in [0.29, 0.717) is 13.1 Å². The fourth-order valence-electron chi connectivity index (χ4n) is 2.16. The average Bonchev–Trinajstić information content (AvgIpc) is 2.40. The molecule has 0 radical (unpaired) electrons. The molecule has 0 spiro atoms. The number of carboxylic acids is 1. The fraction of sp³-hybridized carbons (Fsp3) is 0.462. The number of hydrogen-bond acceptors (Lipinski definition) is 4. The van der Waals surface area contributed by atoms with Crippen molar-refractivity contribution in [3.63, 3.8) is 0 Å². The van der Waals surface area contributed by atoms with E-state index in [1.54, 1.807) is 0 Å². The molecule has 1 atom stereocenters. The van der Waals surface area contributed by atoms with Crippen LogP contribution in [0.25, 0.3) is 0 Å². The van der Waals surface area contributed by atoms with Crippen LogP contribution >= 0.6 is 0 Å². The zero-order valence-electron chi connectivity index (χ0n) is 10.2. The minimum absolute atomic E-state index is 0.0334. The summed E-state index contributed by atoms with van der Waals surface area (Å²) in [6.07, 6.45) is 0. The summed E-state index contributed by atoms with van der Waals surface area (Å²) >= 11 is 0. The molecule has 0 aromatic heterocycles. The number of aliphatic hydroxyl groups is 1. The number of carbonyl (C=O) groups is 1. The number of aliphatic carboxylic acids is 1. The Morgan fingerprint density at radius 1 is 1.33 bits per heavy atom. The average molecular weight is 250 g/mol.